The van der Waals surface area contributed by atoms with E-state index in [9.17, 15) is 18.0 Å². The molecular weight excluding hydrogens is 490 g/mol. The van der Waals surface area contributed by atoms with Crippen molar-refractivity contribution in [3.63, 3.8) is 0 Å². The van der Waals surface area contributed by atoms with E-state index in [1.807, 2.05) is 52.0 Å². The van der Waals surface area contributed by atoms with Gasteiger partial charge in [0.25, 0.3) is 5.91 Å². The molecule has 1 saturated heterocycles. The van der Waals surface area contributed by atoms with Gasteiger partial charge in [0.1, 0.15) is 5.60 Å². The van der Waals surface area contributed by atoms with Gasteiger partial charge in [-0.2, -0.15) is 0 Å². The van der Waals surface area contributed by atoms with Crippen molar-refractivity contribution in [1.82, 2.24) is 9.62 Å². The molecule has 3 aromatic carbocycles. The molecule has 1 fully saturated rings. The summed E-state index contributed by atoms with van der Waals surface area (Å²) in [5.74, 6) is -0.308. The van der Waals surface area contributed by atoms with Crippen molar-refractivity contribution in [2.45, 2.75) is 57.1 Å². The second-order valence-electron chi connectivity index (χ2n) is 10.3. The summed E-state index contributed by atoms with van der Waals surface area (Å²) in [6.07, 6.45) is 0.569. The van der Waals surface area contributed by atoms with Crippen LogP contribution in [-0.4, -0.2) is 50.1 Å². The lowest BCUT2D eigenvalue weighted by Gasteiger charge is -2.33. The van der Waals surface area contributed by atoms with Crippen molar-refractivity contribution in [3.05, 3.63) is 71.8 Å². The topological polar surface area (TPSA) is 105 Å². The number of carbonyl (C=O) groups excluding carboxylic acids is 2. The number of nitrogens with one attached hydrogen (secondary N) is 2. The van der Waals surface area contributed by atoms with Crippen LogP contribution in [0, 0.1) is 6.92 Å². The number of rotatable bonds is 5. The lowest BCUT2D eigenvalue weighted by molar-refractivity contribution is 0.0203. The van der Waals surface area contributed by atoms with Gasteiger partial charge in [-0.05, 0) is 69.7 Å². The lowest BCUT2D eigenvalue weighted by atomic mass is 10.0. The molecule has 8 nitrogen and oxygen atoms in total. The van der Waals surface area contributed by atoms with Gasteiger partial charge in [-0.1, -0.05) is 42.5 Å². The molecule has 0 atom stereocenters. The Hall–Kier alpha value is -3.43. The molecule has 0 aromatic heterocycles. The van der Waals surface area contributed by atoms with E-state index < -0.39 is 15.6 Å². The van der Waals surface area contributed by atoms with Crippen LogP contribution in [0.4, 0.5) is 10.5 Å². The van der Waals surface area contributed by atoms with Crippen LogP contribution in [0.5, 0.6) is 0 Å². The van der Waals surface area contributed by atoms with E-state index >= 15 is 0 Å². The molecule has 0 saturated carbocycles. The van der Waals surface area contributed by atoms with Gasteiger partial charge in [-0.15, -0.1) is 0 Å². The zero-order valence-corrected chi connectivity index (χ0v) is 22.4. The maximum absolute atomic E-state index is 13.4. The van der Waals surface area contributed by atoms with Crippen molar-refractivity contribution >= 4 is 38.5 Å². The van der Waals surface area contributed by atoms with Crippen molar-refractivity contribution < 1.29 is 22.7 Å². The second-order valence-corrected chi connectivity index (χ2v) is 12.0. The first-order valence-corrected chi connectivity index (χ1v) is 13.8. The second kappa shape index (κ2) is 10.5. The number of ether oxygens (including phenoxy) is 1. The Balaban J connectivity index is 1.52. The number of aryl methyl sites for hydroxylation is 1. The highest BCUT2D eigenvalue weighted by atomic mass is 32.2. The standard InChI is InChI=1S/C28H33N3O5S/c1-19-9-5-8-12-24(19)29-26(32)23-13-14-25(22-11-7-6-10-21(22)23)37(34,35)30-20-15-17-31(18-16-20)27(33)36-28(2,3)4/h5-14,20,30H,15-18H2,1-4H3,(H,29,32). The third-order valence-electron chi connectivity index (χ3n) is 6.28. The fourth-order valence-corrected chi connectivity index (χ4v) is 5.91. The third-order valence-corrected chi connectivity index (χ3v) is 7.86. The number of para-hydroxylation sites is 1. The van der Waals surface area contributed by atoms with Crippen LogP contribution in [0.2, 0.25) is 0 Å². The molecule has 0 radical (unpaired) electrons. The summed E-state index contributed by atoms with van der Waals surface area (Å²) >= 11 is 0. The number of sulfonamides is 1. The molecule has 1 heterocycles. The molecule has 0 aliphatic carbocycles. The third kappa shape index (κ3) is 6.29. The monoisotopic (exact) mass is 523 g/mol. The molecule has 1 aliphatic rings. The summed E-state index contributed by atoms with van der Waals surface area (Å²) in [7, 11) is -3.88. The fourth-order valence-electron chi connectivity index (χ4n) is 4.40. The first kappa shape index (κ1) is 26.6. The predicted molar refractivity (Wildman–Crippen MR) is 144 cm³/mol. The van der Waals surface area contributed by atoms with Gasteiger partial charge >= 0.3 is 6.09 Å². The fraction of sp³-hybridized carbons (Fsp3) is 0.357. The number of nitrogens with zero attached hydrogens (tertiary/aromatic N) is 1. The van der Waals surface area contributed by atoms with Crippen LogP contribution in [0.25, 0.3) is 10.8 Å². The summed E-state index contributed by atoms with van der Waals surface area (Å²) in [6.45, 7) is 8.16. The van der Waals surface area contributed by atoms with E-state index in [1.54, 1.807) is 35.2 Å². The lowest BCUT2D eigenvalue weighted by Crippen LogP contribution is -2.47. The Kier molecular flexibility index (Phi) is 7.57. The van der Waals surface area contributed by atoms with Crippen molar-refractivity contribution in [2.24, 2.45) is 0 Å². The Bertz CT molecular complexity index is 1420. The molecule has 3 aromatic rings. The number of amides is 2. The van der Waals surface area contributed by atoms with E-state index in [0.717, 1.165) is 5.56 Å². The largest absolute Gasteiger partial charge is 0.444 e. The normalized spacial score (nSPS) is 15.0. The van der Waals surface area contributed by atoms with E-state index in [-0.39, 0.29) is 22.9 Å². The van der Waals surface area contributed by atoms with Crippen LogP contribution < -0.4 is 10.0 Å². The summed E-state index contributed by atoms with van der Waals surface area (Å²) < 4.78 is 35.1. The Morgan fingerprint density at radius 1 is 0.919 bits per heavy atom. The summed E-state index contributed by atoms with van der Waals surface area (Å²) in [6, 6.07) is 17.2. The number of anilines is 1. The molecule has 4 rings (SSSR count). The number of likely N-dealkylation sites (tertiary alicyclic amines) is 1. The molecule has 1 aliphatic heterocycles. The van der Waals surface area contributed by atoms with Gasteiger partial charge in [0.15, 0.2) is 0 Å². The Morgan fingerprint density at radius 3 is 2.19 bits per heavy atom. The minimum absolute atomic E-state index is 0.116. The van der Waals surface area contributed by atoms with Gasteiger partial charge < -0.3 is 15.0 Å². The number of benzene rings is 3. The highest BCUT2D eigenvalue weighted by Crippen LogP contribution is 2.28. The number of piperidine rings is 1. The number of hydrogen-bond donors (Lipinski definition) is 2. The number of hydrogen-bond acceptors (Lipinski definition) is 5. The molecule has 0 unspecified atom stereocenters. The SMILES string of the molecule is Cc1ccccc1NC(=O)c1ccc(S(=O)(=O)NC2CCN(C(=O)OC(C)(C)C)CC2)c2ccccc12. The smallest absolute Gasteiger partial charge is 0.410 e. The van der Waals surface area contributed by atoms with Crippen LogP contribution >= 0.6 is 0 Å². The van der Waals surface area contributed by atoms with Crippen LogP contribution in [0.3, 0.4) is 0 Å². The van der Waals surface area contributed by atoms with Gasteiger partial charge in [-0.25, -0.2) is 17.9 Å². The molecule has 9 heteroatoms. The maximum atomic E-state index is 13.4. The van der Waals surface area contributed by atoms with E-state index in [1.165, 1.54) is 6.07 Å². The predicted octanol–water partition coefficient (Wildman–Crippen LogP) is 5.08. The summed E-state index contributed by atoms with van der Waals surface area (Å²) in [5, 5.41) is 3.95. The van der Waals surface area contributed by atoms with E-state index in [2.05, 4.69) is 10.0 Å². The van der Waals surface area contributed by atoms with Crippen molar-refractivity contribution in [1.29, 1.82) is 0 Å². The average molecular weight is 524 g/mol. The van der Waals surface area contributed by atoms with Crippen molar-refractivity contribution in [3.8, 4) is 0 Å². The molecule has 0 spiro atoms. The van der Waals surface area contributed by atoms with E-state index in [4.69, 9.17) is 4.74 Å². The minimum atomic E-state index is -3.88. The molecular formula is C28H33N3O5S. The molecule has 2 amide bonds. The average Bonchev–Trinajstić information content (AvgIpc) is 2.83. The number of carbonyl (C=O) groups is 2. The van der Waals surface area contributed by atoms with Gasteiger partial charge in [0.05, 0.1) is 4.90 Å². The Labute approximate surface area is 218 Å². The highest BCUT2D eigenvalue weighted by molar-refractivity contribution is 7.89. The Morgan fingerprint density at radius 2 is 1.54 bits per heavy atom. The van der Waals surface area contributed by atoms with Gasteiger partial charge in [-0.3, -0.25) is 4.79 Å². The van der Waals surface area contributed by atoms with Crippen LogP contribution in [0.1, 0.15) is 49.5 Å². The first-order chi connectivity index (χ1) is 17.4. The van der Waals surface area contributed by atoms with Crippen molar-refractivity contribution in [2.75, 3.05) is 18.4 Å². The maximum Gasteiger partial charge on any atom is 0.410 e. The quantitative estimate of drug-likeness (QED) is 0.485. The summed E-state index contributed by atoms with van der Waals surface area (Å²) in [4.78, 5) is 27.2. The van der Waals surface area contributed by atoms with Crippen LogP contribution in [0.15, 0.2) is 65.6 Å². The zero-order chi connectivity index (χ0) is 26.8. The zero-order valence-electron chi connectivity index (χ0n) is 21.6. The van der Waals surface area contributed by atoms with Gasteiger partial charge in [0, 0.05) is 35.8 Å². The molecule has 37 heavy (non-hydrogen) atoms. The molecule has 0 bridgehead atoms. The van der Waals surface area contributed by atoms with E-state index in [0.29, 0.717) is 48.0 Å². The minimum Gasteiger partial charge on any atom is -0.444 e. The highest BCUT2D eigenvalue weighted by Gasteiger charge is 2.30. The molecule has 2 N–H and O–H groups in total. The summed E-state index contributed by atoms with van der Waals surface area (Å²) in [5.41, 5.74) is 1.44. The molecule has 196 valence electrons. The number of fused-ring (bicyclic) bond motifs is 1. The van der Waals surface area contributed by atoms with Gasteiger partial charge in [0.2, 0.25) is 10.0 Å². The first-order valence-electron chi connectivity index (χ1n) is 12.3. The van der Waals surface area contributed by atoms with Crippen LogP contribution in [-0.2, 0) is 14.8 Å².